The van der Waals surface area contributed by atoms with Crippen molar-refractivity contribution in [1.29, 1.82) is 0 Å². The third kappa shape index (κ3) is 4.58. The van der Waals surface area contributed by atoms with E-state index in [0.29, 0.717) is 6.61 Å². The molecule has 0 unspecified atom stereocenters. The number of para-hydroxylation sites is 1. The molecule has 0 aliphatic heterocycles. The largest absolute Gasteiger partial charge is 0.396 e. The maximum atomic E-state index is 8.64. The summed E-state index contributed by atoms with van der Waals surface area (Å²) in [5.41, 5.74) is 1.22. The van der Waals surface area contributed by atoms with Crippen LogP contribution in [0.4, 0.5) is 5.69 Å². The number of anilines is 1. The number of benzene rings is 1. The van der Waals surface area contributed by atoms with Gasteiger partial charge in [0.15, 0.2) is 0 Å². The van der Waals surface area contributed by atoms with Gasteiger partial charge in [0.25, 0.3) is 0 Å². The molecule has 0 spiro atoms. The predicted molar refractivity (Wildman–Crippen MR) is 67.6 cm³/mol. The average molecular weight is 225 g/mol. The van der Waals surface area contributed by atoms with Crippen molar-refractivity contribution < 1.29 is 5.11 Å². The summed E-state index contributed by atoms with van der Waals surface area (Å²) < 4.78 is 0. The normalized spacial score (nSPS) is 10.3. The van der Waals surface area contributed by atoms with Gasteiger partial charge in [0.2, 0.25) is 0 Å². The molecular weight excluding hydrogens is 206 g/mol. The Morgan fingerprint density at radius 3 is 2.73 bits per heavy atom. The van der Waals surface area contributed by atoms with Crippen molar-refractivity contribution in [2.45, 2.75) is 24.2 Å². The van der Waals surface area contributed by atoms with Crippen LogP contribution in [0.15, 0.2) is 29.2 Å². The lowest BCUT2D eigenvalue weighted by Gasteiger charge is -2.09. The summed E-state index contributed by atoms with van der Waals surface area (Å²) in [6.07, 6.45) is 5.20. The molecule has 84 valence electrons. The predicted octanol–water partition coefficient (Wildman–Crippen LogP) is 2.98. The van der Waals surface area contributed by atoms with Gasteiger partial charge in [-0.2, -0.15) is 0 Å². The first-order valence-electron chi connectivity index (χ1n) is 5.36. The summed E-state index contributed by atoms with van der Waals surface area (Å²) in [5.74, 6) is 0. The Labute approximate surface area is 96.1 Å². The van der Waals surface area contributed by atoms with E-state index in [2.05, 4.69) is 35.8 Å². The SMILES string of the molecule is CSc1ccccc1NCCCCCO. The molecule has 3 heteroatoms. The van der Waals surface area contributed by atoms with Gasteiger partial charge in [-0.1, -0.05) is 12.1 Å². The molecule has 1 rings (SSSR count). The van der Waals surface area contributed by atoms with Crippen LogP contribution in [0.1, 0.15) is 19.3 Å². The lowest BCUT2D eigenvalue weighted by atomic mass is 10.2. The van der Waals surface area contributed by atoms with Gasteiger partial charge >= 0.3 is 0 Å². The molecule has 0 radical (unpaired) electrons. The Balaban J connectivity index is 2.30. The molecular formula is C12H19NOS. The Morgan fingerprint density at radius 2 is 2.00 bits per heavy atom. The Hall–Kier alpha value is -0.670. The minimum atomic E-state index is 0.307. The average Bonchev–Trinajstić information content (AvgIpc) is 2.29. The second-order valence-electron chi connectivity index (χ2n) is 3.41. The van der Waals surface area contributed by atoms with Gasteiger partial charge in [-0.15, -0.1) is 11.8 Å². The number of aliphatic hydroxyl groups is 1. The van der Waals surface area contributed by atoms with Crippen LogP contribution in [0.3, 0.4) is 0 Å². The second-order valence-corrected chi connectivity index (χ2v) is 4.26. The third-order valence-corrected chi connectivity index (χ3v) is 3.05. The van der Waals surface area contributed by atoms with Crippen LogP contribution in [0.2, 0.25) is 0 Å². The quantitative estimate of drug-likeness (QED) is 0.553. The highest BCUT2D eigenvalue weighted by Crippen LogP contribution is 2.24. The van der Waals surface area contributed by atoms with E-state index < -0.39 is 0 Å². The first-order chi connectivity index (χ1) is 7.38. The number of nitrogens with one attached hydrogen (secondary N) is 1. The van der Waals surface area contributed by atoms with E-state index in [1.54, 1.807) is 11.8 Å². The van der Waals surface area contributed by atoms with Gasteiger partial charge in [-0.25, -0.2) is 0 Å². The number of aliphatic hydroxyl groups excluding tert-OH is 1. The first kappa shape index (κ1) is 12.4. The number of rotatable bonds is 7. The van der Waals surface area contributed by atoms with E-state index in [0.717, 1.165) is 25.8 Å². The van der Waals surface area contributed by atoms with Crippen molar-refractivity contribution in [3.63, 3.8) is 0 Å². The lowest BCUT2D eigenvalue weighted by Crippen LogP contribution is -2.02. The van der Waals surface area contributed by atoms with Crippen molar-refractivity contribution in [3.8, 4) is 0 Å². The fraction of sp³-hybridized carbons (Fsp3) is 0.500. The Bertz CT molecular complexity index is 278. The second kappa shape index (κ2) is 7.60. The highest BCUT2D eigenvalue weighted by Gasteiger charge is 1.98. The number of hydrogen-bond donors (Lipinski definition) is 2. The van der Waals surface area contributed by atoms with Gasteiger partial charge in [-0.05, 0) is 37.7 Å². The van der Waals surface area contributed by atoms with E-state index in [9.17, 15) is 0 Å². The molecule has 15 heavy (non-hydrogen) atoms. The molecule has 0 aromatic heterocycles. The van der Waals surface area contributed by atoms with E-state index in [4.69, 9.17) is 5.11 Å². The van der Waals surface area contributed by atoms with Crippen molar-refractivity contribution in [3.05, 3.63) is 24.3 Å². The van der Waals surface area contributed by atoms with Gasteiger partial charge < -0.3 is 10.4 Å². The van der Waals surface area contributed by atoms with Crippen molar-refractivity contribution in [2.24, 2.45) is 0 Å². The number of hydrogen-bond acceptors (Lipinski definition) is 3. The third-order valence-electron chi connectivity index (χ3n) is 2.26. The van der Waals surface area contributed by atoms with Crippen LogP contribution in [0, 0.1) is 0 Å². The molecule has 0 aliphatic carbocycles. The molecule has 0 heterocycles. The summed E-state index contributed by atoms with van der Waals surface area (Å²) in [5, 5.41) is 12.1. The molecule has 1 aromatic carbocycles. The standard InChI is InChI=1S/C12H19NOS/c1-15-12-8-4-3-7-11(12)13-9-5-2-6-10-14/h3-4,7-8,13-14H,2,5-6,9-10H2,1H3. The molecule has 1 aromatic rings. The summed E-state index contributed by atoms with van der Waals surface area (Å²) in [4.78, 5) is 1.29. The molecule has 0 fully saturated rings. The summed E-state index contributed by atoms with van der Waals surface area (Å²) >= 11 is 1.76. The van der Waals surface area contributed by atoms with Crippen LogP contribution in [-0.2, 0) is 0 Å². The smallest absolute Gasteiger partial charge is 0.0478 e. The van der Waals surface area contributed by atoms with E-state index in [-0.39, 0.29) is 0 Å². The molecule has 0 saturated carbocycles. The maximum Gasteiger partial charge on any atom is 0.0478 e. The fourth-order valence-corrected chi connectivity index (χ4v) is 2.00. The number of thioether (sulfide) groups is 1. The van der Waals surface area contributed by atoms with Crippen molar-refractivity contribution in [1.82, 2.24) is 0 Å². The van der Waals surface area contributed by atoms with Gasteiger partial charge in [0, 0.05) is 23.7 Å². The molecule has 2 nitrogen and oxygen atoms in total. The zero-order valence-electron chi connectivity index (χ0n) is 9.20. The Kier molecular flexibility index (Phi) is 6.28. The maximum absolute atomic E-state index is 8.64. The lowest BCUT2D eigenvalue weighted by molar-refractivity contribution is 0.283. The van der Waals surface area contributed by atoms with Crippen LogP contribution < -0.4 is 5.32 Å². The minimum absolute atomic E-state index is 0.307. The fourth-order valence-electron chi connectivity index (χ4n) is 1.43. The molecule has 0 aliphatic rings. The van der Waals surface area contributed by atoms with Crippen molar-refractivity contribution >= 4 is 17.4 Å². The van der Waals surface area contributed by atoms with Crippen LogP contribution in [0.5, 0.6) is 0 Å². The van der Waals surface area contributed by atoms with Crippen molar-refractivity contribution in [2.75, 3.05) is 24.7 Å². The highest BCUT2D eigenvalue weighted by molar-refractivity contribution is 7.98. The topological polar surface area (TPSA) is 32.3 Å². The monoisotopic (exact) mass is 225 g/mol. The van der Waals surface area contributed by atoms with Gasteiger partial charge in [0.1, 0.15) is 0 Å². The van der Waals surface area contributed by atoms with E-state index in [1.165, 1.54) is 10.6 Å². The molecule has 2 N–H and O–H groups in total. The molecule has 0 bridgehead atoms. The van der Waals surface area contributed by atoms with Gasteiger partial charge in [-0.3, -0.25) is 0 Å². The molecule has 0 amide bonds. The minimum Gasteiger partial charge on any atom is -0.396 e. The van der Waals surface area contributed by atoms with E-state index >= 15 is 0 Å². The van der Waals surface area contributed by atoms with Gasteiger partial charge in [0.05, 0.1) is 0 Å². The zero-order valence-corrected chi connectivity index (χ0v) is 10.0. The highest BCUT2D eigenvalue weighted by atomic mass is 32.2. The summed E-state index contributed by atoms with van der Waals surface area (Å²) in [6, 6.07) is 8.34. The number of unbranched alkanes of at least 4 members (excludes halogenated alkanes) is 2. The summed E-state index contributed by atoms with van der Waals surface area (Å²) in [6.45, 7) is 1.29. The molecule has 0 saturated heterocycles. The Morgan fingerprint density at radius 1 is 1.20 bits per heavy atom. The van der Waals surface area contributed by atoms with E-state index in [1.807, 2.05) is 0 Å². The first-order valence-corrected chi connectivity index (χ1v) is 6.58. The zero-order chi connectivity index (χ0) is 10.9. The van der Waals surface area contributed by atoms with Crippen LogP contribution in [-0.4, -0.2) is 24.5 Å². The van der Waals surface area contributed by atoms with Crippen LogP contribution in [0.25, 0.3) is 0 Å². The molecule has 0 atom stereocenters. The summed E-state index contributed by atoms with van der Waals surface area (Å²) in [7, 11) is 0. The van der Waals surface area contributed by atoms with Crippen LogP contribution >= 0.6 is 11.8 Å².